The van der Waals surface area contributed by atoms with Crippen molar-refractivity contribution in [2.45, 2.75) is 37.3 Å². The van der Waals surface area contributed by atoms with Gasteiger partial charge in [0, 0.05) is 5.54 Å². The first-order valence-corrected chi connectivity index (χ1v) is 8.99. The van der Waals surface area contributed by atoms with E-state index in [1.54, 1.807) is 0 Å². The summed E-state index contributed by atoms with van der Waals surface area (Å²) < 4.78 is 1.09. The maximum atomic E-state index is 12.7. The molecule has 1 atom stereocenters. The van der Waals surface area contributed by atoms with Crippen LogP contribution in [-0.2, 0) is 0 Å². The number of hydrogen-bond donors (Lipinski definition) is 1. The van der Waals surface area contributed by atoms with Gasteiger partial charge in [-0.2, -0.15) is 0 Å². The molecule has 2 bridgehead atoms. The number of carbonyl (C=O) groups is 1. The van der Waals surface area contributed by atoms with Gasteiger partial charge in [0.2, 0.25) is 0 Å². The number of piperidine rings is 3. The first kappa shape index (κ1) is 13.0. The van der Waals surface area contributed by atoms with Gasteiger partial charge in [0.15, 0.2) is 5.01 Å². The summed E-state index contributed by atoms with van der Waals surface area (Å²) in [5.41, 5.74) is 1.21. The minimum Gasteiger partial charge on any atom is -0.345 e. The molecule has 6 rings (SSSR count). The van der Waals surface area contributed by atoms with E-state index in [1.807, 2.05) is 24.3 Å². The summed E-state index contributed by atoms with van der Waals surface area (Å²) in [5, 5.41) is 3.95. The van der Waals surface area contributed by atoms with Crippen LogP contribution in [-0.4, -0.2) is 40.5 Å². The van der Waals surface area contributed by atoms with Crippen molar-refractivity contribution in [3.05, 3.63) is 29.3 Å². The highest BCUT2D eigenvalue weighted by Gasteiger charge is 2.60. The normalized spacial score (nSPS) is 31.5. The lowest BCUT2D eigenvalue weighted by molar-refractivity contribution is -0.00144. The second-order valence-electron chi connectivity index (χ2n) is 6.87. The molecule has 1 N–H and O–H groups in total. The highest BCUT2D eigenvalue weighted by molar-refractivity contribution is 7.20. The predicted molar refractivity (Wildman–Crippen MR) is 87.1 cm³/mol. The van der Waals surface area contributed by atoms with Gasteiger partial charge >= 0.3 is 0 Å². The third-order valence-corrected chi connectivity index (χ3v) is 6.79. The first-order valence-electron chi connectivity index (χ1n) is 8.18. The summed E-state index contributed by atoms with van der Waals surface area (Å²) in [6.07, 6.45) is 4.95. The van der Waals surface area contributed by atoms with E-state index < -0.39 is 0 Å². The Morgan fingerprint density at radius 2 is 2.05 bits per heavy atom. The quantitative estimate of drug-likeness (QED) is 0.927. The molecule has 4 fully saturated rings. The average Bonchev–Trinajstić information content (AvgIpc) is 3.20. The number of nitrogens with zero attached hydrogens (tertiary/aromatic N) is 2. The molecule has 4 nitrogen and oxygen atoms in total. The number of thiazole rings is 1. The maximum Gasteiger partial charge on any atom is 0.280 e. The van der Waals surface area contributed by atoms with Crippen molar-refractivity contribution in [3.63, 3.8) is 0 Å². The number of fused-ring (bicyclic) bond motifs is 3. The summed E-state index contributed by atoms with van der Waals surface area (Å²) in [6, 6.07) is 8.29. The number of aromatic nitrogens is 1. The maximum absolute atomic E-state index is 12.7. The largest absolute Gasteiger partial charge is 0.345 e. The molecule has 3 saturated heterocycles. The molecule has 1 amide bonds. The van der Waals surface area contributed by atoms with Crippen LogP contribution in [0.3, 0.4) is 0 Å². The van der Waals surface area contributed by atoms with E-state index in [2.05, 4.69) is 15.2 Å². The molecule has 4 aliphatic rings. The number of rotatable bonds is 2. The average molecular weight is 313 g/mol. The lowest BCUT2D eigenvalue weighted by atomic mass is 9.77. The van der Waals surface area contributed by atoms with Crippen molar-refractivity contribution in [2.75, 3.05) is 13.1 Å². The number of amides is 1. The molecule has 0 unspecified atom stereocenters. The molecule has 114 valence electrons. The third-order valence-electron chi connectivity index (χ3n) is 5.76. The Balaban J connectivity index is 1.42. The SMILES string of the molecule is O=C(N[C@@H]1C2CCN(CC2)C12CC2)c1nc2ccccc2s1. The summed E-state index contributed by atoms with van der Waals surface area (Å²) in [5.74, 6) is 0.678. The van der Waals surface area contributed by atoms with Crippen LogP contribution in [0.25, 0.3) is 10.2 Å². The van der Waals surface area contributed by atoms with Crippen LogP contribution in [0, 0.1) is 5.92 Å². The van der Waals surface area contributed by atoms with Crippen LogP contribution in [0.15, 0.2) is 24.3 Å². The number of hydrogen-bond acceptors (Lipinski definition) is 4. The van der Waals surface area contributed by atoms with E-state index >= 15 is 0 Å². The topological polar surface area (TPSA) is 45.2 Å². The molecule has 1 saturated carbocycles. The summed E-state index contributed by atoms with van der Waals surface area (Å²) >= 11 is 1.50. The zero-order valence-corrected chi connectivity index (χ0v) is 13.2. The summed E-state index contributed by atoms with van der Waals surface area (Å²) in [6.45, 7) is 2.44. The minimum absolute atomic E-state index is 0.0197. The highest BCUT2D eigenvalue weighted by atomic mass is 32.1. The molecule has 2 aromatic rings. The van der Waals surface area contributed by atoms with Crippen LogP contribution in [0.1, 0.15) is 35.5 Å². The lowest BCUT2D eigenvalue weighted by Crippen LogP contribution is -2.65. The van der Waals surface area contributed by atoms with Crippen molar-refractivity contribution in [2.24, 2.45) is 5.92 Å². The lowest BCUT2D eigenvalue weighted by Gasteiger charge is -2.52. The van der Waals surface area contributed by atoms with Gasteiger partial charge in [-0.1, -0.05) is 12.1 Å². The van der Waals surface area contributed by atoms with Gasteiger partial charge in [-0.05, 0) is 56.8 Å². The van der Waals surface area contributed by atoms with E-state index in [4.69, 9.17) is 0 Å². The Bertz CT molecular complexity index is 710. The second kappa shape index (κ2) is 4.52. The Morgan fingerprint density at radius 1 is 1.27 bits per heavy atom. The summed E-state index contributed by atoms with van der Waals surface area (Å²) in [4.78, 5) is 19.8. The standard InChI is InChI=1S/C17H19N3OS/c21-15(16-18-12-3-1-2-4-13(12)22-16)19-14-11-5-9-20(10-6-11)17(14)7-8-17/h1-4,11,14H,5-10H2,(H,19,21)/t14-/m1/s1. The fourth-order valence-corrected chi connectivity index (χ4v) is 5.36. The van der Waals surface area contributed by atoms with Crippen molar-refractivity contribution in [1.29, 1.82) is 0 Å². The van der Waals surface area contributed by atoms with Crippen LogP contribution >= 0.6 is 11.3 Å². The Morgan fingerprint density at radius 3 is 2.77 bits per heavy atom. The number of carbonyl (C=O) groups excluding carboxylic acids is 1. The molecular formula is C17H19N3OS. The van der Waals surface area contributed by atoms with E-state index in [1.165, 1.54) is 50.1 Å². The van der Waals surface area contributed by atoms with Gasteiger partial charge in [0.25, 0.3) is 5.91 Å². The predicted octanol–water partition coefficient (Wildman–Crippen LogP) is 2.65. The summed E-state index contributed by atoms with van der Waals surface area (Å²) in [7, 11) is 0. The molecule has 1 aromatic heterocycles. The van der Waals surface area contributed by atoms with E-state index in [0.29, 0.717) is 17.0 Å². The zero-order chi connectivity index (χ0) is 14.7. The molecule has 4 heterocycles. The fourth-order valence-electron chi connectivity index (χ4n) is 4.49. The van der Waals surface area contributed by atoms with E-state index in [0.717, 1.165) is 10.2 Å². The van der Waals surface area contributed by atoms with Crippen molar-refractivity contribution >= 4 is 27.5 Å². The molecule has 3 aliphatic heterocycles. The monoisotopic (exact) mass is 313 g/mol. The zero-order valence-electron chi connectivity index (χ0n) is 12.4. The van der Waals surface area contributed by atoms with Gasteiger partial charge in [-0.15, -0.1) is 11.3 Å². The molecule has 5 heteroatoms. The third kappa shape index (κ3) is 1.78. The van der Waals surface area contributed by atoms with Gasteiger partial charge in [0.05, 0.1) is 16.3 Å². The van der Waals surface area contributed by atoms with Crippen molar-refractivity contribution in [3.8, 4) is 0 Å². The molecule has 1 aliphatic carbocycles. The second-order valence-corrected chi connectivity index (χ2v) is 7.90. The molecule has 1 aromatic carbocycles. The molecule has 22 heavy (non-hydrogen) atoms. The molecular weight excluding hydrogens is 294 g/mol. The van der Waals surface area contributed by atoms with Gasteiger partial charge < -0.3 is 5.32 Å². The van der Waals surface area contributed by atoms with Crippen LogP contribution < -0.4 is 5.32 Å². The van der Waals surface area contributed by atoms with Crippen LogP contribution in [0.5, 0.6) is 0 Å². The highest BCUT2D eigenvalue weighted by Crippen LogP contribution is 2.53. The number of nitrogens with one attached hydrogen (secondary N) is 1. The fraction of sp³-hybridized carbons (Fsp3) is 0.529. The Hall–Kier alpha value is -1.46. The number of para-hydroxylation sites is 1. The molecule has 1 spiro atoms. The van der Waals surface area contributed by atoms with Crippen molar-refractivity contribution < 1.29 is 4.79 Å². The molecule has 0 radical (unpaired) electrons. The minimum atomic E-state index is 0.0197. The Kier molecular flexibility index (Phi) is 2.68. The smallest absolute Gasteiger partial charge is 0.280 e. The van der Waals surface area contributed by atoms with E-state index in [-0.39, 0.29) is 11.4 Å². The van der Waals surface area contributed by atoms with E-state index in [9.17, 15) is 4.79 Å². The van der Waals surface area contributed by atoms with Gasteiger partial charge in [-0.25, -0.2) is 4.98 Å². The van der Waals surface area contributed by atoms with Crippen molar-refractivity contribution in [1.82, 2.24) is 15.2 Å². The van der Waals surface area contributed by atoms with Gasteiger partial charge in [-0.3, -0.25) is 9.69 Å². The number of benzene rings is 1. The Labute approximate surface area is 133 Å². The van der Waals surface area contributed by atoms with Crippen LogP contribution in [0.2, 0.25) is 0 Å². The first-order chi connectivity index (χ1) is 10.8. The van der Waals surface area contributed by atoms with Gasteiger partial charge in [0.1, 0.15) is 0 Å². The van der Waals surface area contributed by atoms with Crippen LogP contribution in [0.4, 0.5) is 0 Å².